The van der Waals surface area contributed by atoms with Crippen molar-refractivity contribution >= 4 is 45.1 Å². The summed E-state index contributed by atoms with van der Waals surface area (Å²) >= 11 is 1.72. The number of pyridine rings is 1. The highest BCUT2D eigenvalue weighted by atomic mass is 32.1. The van der Waals surface area contributed by atoms with Crippen LogP contribution in [0.1, 0.15) is 21.1 Å². The van der Waals surface area contributed by atoms with Crippen molar-refractivity contribution in [1.29, 1.82) is 0 Å². The zero-order chi connectivity index (χ0) is 24.6. The molecular weight excluding hydrogens is 474 g/mol. The molecule has 0 spiro atoms. The third-order valence-corrected chi connectivity index (χ3v) is 8.91. The molecule has 5 aromatic rings. The predicted molar refractivity (Wildman–Crippen MR) is 138 cm³/mol. The number of amides is 1. The summed E-state index contributed by atoms with van der Waals surface area (Å²) in [6, 6.07) is 7.23. The lowest BCUT2D eigenvalue weighted by atomic mass is 10.0. The molecular formula is C25H23N9OS. The van der Waals surface area contributed by atoms with Crippen LogP contribution in [0.2, 0.25) is 0 Å². The van der Waals surface area contributed by atoms with Gasteiger partial charge in [-0.2, -0.15) is 5.10 Å². The van der Waals surface area contributed by atoms with Crippen LogP contribution in [0.3, 0.4) is 0 Å². The van der Waals surface area contributed by atoms with Gasteiger partial charge in [0.15, 0.2) is 5.65 Å². The van der Waals surface area contributed by atoms with Gasteiger partial charge >= 0.3 is 0 Å². The number of nitrogens with one attached hydrogen (secondary N) is 1. The first-order valence-corrected chi connectivity index (χ1v) is 12.7. The molecule has 1 saturated heterocycles. The van der Waals surface area contributed by atoms with Gasteiger partial charge < -0.3 is 16.4 Å². The van der Waals surface area contributed by atoms with E-state index in [1.807, 2.05) is 31.3 Å². The highest BCUT2D eigenvalue weighted by Gasteiger charge is 2.69. The van der Waals surface area contributed by atoms with Crippen molar-refractivity contribution < 1.29 is 4.79 Å². The van der Waals surface area contributed by atoms with E-state index in [2.05, 4.69) is 25.5 Å². The lowest BCUT2D eigenvalue weighted by Crippen LogP contribution is -2.35. The Morgan fingerprint density at radius 3 is 2.75 bits per heavy atom. The molecule has 1 aliphatic heterocycles. The summed E-state index contributed by atoms with van der Waals surface area (Å²) in [5, 5.41) is 11.6. The summed E-state index contributed by atoms with van der Waals surface area (Å²) in [7, 11) is 0. The normalized spacial score (nSPS) is 22.9. The van der Waals surface area contributed by atoms with Crippen LogP contribution in [0, 0.1) is 18.8 Å². The summed E-state index contributed by atoms with van der Waals surface area (Å²) < 4.78 is 0. The summed E-state index contributed by atoms with van der Waals surface area (Å²) in [5.41, 5.74) is 16.5. The van der Waals surface area contributed by atoms with Crippen LogP contribution < -0.4 is 16.4 Å². The number of aryl methyl sites for hydroxylation is 1. The summed E-state index contributed by atoms with van der Waals surface area (Å²) in [6.45, 7) is 4.41. The van der Waals surface area contributed by atoms with Crippen molar-refractivity contribution in [2.45, 2.75) is 12.3 Å². The first-order valence-electron chi connectivity index (χ1n) is 11.8. The maximum Gasteiger partial charge on any atom is 0.250 e. The van der Waals surface area contributed by atoms with Gasteiger partial charge in [0.25, 0.3) is 5.91 Å². The number of aromatic nitrogens is 6. The molecule has 0 bridgehead atoms. The molecule has 2 fully saturated rings. The van der Waals surface area contributed by atoms with Crippen LogP contribution in [0.15, 0.2) is 42.0 Å². The number of H-pyrrole nitrogens is 1. The fourth-order valence-corrected chi connectivity index (χ4v) is 7.04. The summed E-state index contributed by atoms with van der Waals surface area (Å²) in [4.78, 5) is 32.9. The second kappa shape index (κ2) is 7.52. The fraction of sp³-hybridized carbons (Fsp3) is 0.280. The monoisotopic (exact) mass is 497 g/mol. The van der Waals surface area contributed by atoms with E-state index in [0.717, 1.165) is 35.6 Å². The van der Waals surface area contributed by atoms with E-state index in [1.165, 1.54) is 5.01 Å². The largest absolute Gasteiger partial charge is 0.366 e. The molecule has 3 atom stereocenters. The first kappa shape index (κ1) is 21.3. The Balaban J connectivity index is 1.20. The molecule has 1 amide bonds. The number of fused-ring (bicyclic) bond motifs is 3. The highest BCUT2D eigenvalue weighted by Crippen LogP contribution is 2.63. The van der Waals surface area contributed by atoms with Gasteiger partial charge in [0.1, 0.15) is 22.0 Å². The fourth-order valence-electron chi connectivity index (χ4n) is 5.91. The molecule has 0 radical (unpaired) electrons. The van der Waals surface area contributed by atoms with Crippen LogP contribution in [-0.4, -0.2) is 55.7 Å². The van der Waals surface area contributed by atoms with Crippen molar-refractivity contribution in [3.05, 3.63) is 58.3 Å². The zero-order valence-electron chi connectivity index (χ0n) is 19.5. The third-order valence-electron chi connectivity index (χ3n) is 7.76. The smallest absolute Gasteiger partial charge is 0.250 e. The molecule has 2 aliphatic rings. The summed E-state index contributed by atoms with van der Waals surface area (Å²) in [5.74, 6) is 1.26. The third kappa shape index (κ3) is 2.86. The molecule has 10 nitrogen and oxygen atoms in total. The van der Waals surface area contributed by atoms with Crippen molar-refractivity contribution in [3.8, 4) is 11.3 Å². The van der Waals surface area contributed by atoms with E-state index in [1.54, 1.807) is 23.6 Å². The molecule has 1 saturated carbocycles. The molecule has 7 rings (SSSR count). The average molecular weight is 498 g/mol. The van der Waals surface area contributed by atoms with Gasteiger partial charge in [0.2, 0.25) is 0 Å². The standard InChI is InChI=1S/C25H23N9OS/c1-12-10-36-24(30-12)25(11-26)16-8-34(9-17(16)25)18-7-29-21-20(32-33-23(21)31-18)14-4-5-15(22(27)35)19-13(14)3-2-6-28-19/h2-7,10,16-17H,8-9,11,26H2,1H3,(H2,27,35)(H,31,32,33)/t16-,17+,25-. The van der Waals surface area contributed by atoms with E-state index in [-0.39, 0.29) is 5.41 Å². The van der Waals surface area contributed by atoms with E-state index in [0.29, 0.717) is 46.3 Å². The van der Waals surface area contributed by atoms with E-state index in [4.69, 9.17) is 26.4 Å². The van der Waals surface area contributed by atoms with Gasteiger partial charge in [-0.05, 0) is 30.9 Å². The molecule has 4 aromatic heterocycles. The first-order chi connectivity index (χ1) is 17.5. The van der Waals surface area contributed by atoms with Crippen LogP contribution >= 0.6 is 11.3 Å². The number of piperidine rings is 1. The zero-order valence-corrected chi connectivity index (χ0v) is 20.3. The average Bonchev–Trinajstić information content (AvgIpc) is 3.38. The van der Waals surface area contributed by atoms with Gasteiger partial charge in [-0.1, -0.05) is 12.1 Å². The Kier molecular flexibility index (Phi) is 4.45. The Morgan fingerprint density at radius 1 is 1.19 bits per heavy atom. The molecule has 5 heterocycles. The molecule has 0 unspecified atom stereocenters. The number of nitrogens with zero attached hydrogens (tertiary/aromatic N) is 6. The minimum atomic E-state index is -0.520. The number of nitrogens with two attached hydrogens (primary N) is 2. The molecule has 180 valence electrons. The van der Waals surface area contributed by atoms with Crippen molar-refractivity contribution in [2.75, 3.05) is 24.5 Å². The number of benzene rings is 1. The van der Waals surface area contributed by atoms with Gasteiger partial charge in [-0.25, -0.2) is 15.0 Å². The van der Waals surface area contributed by atoms with Crippen molar-refractivity contribution in [3.63, 3.8) is 0 Å². The lowest BCUT2D eigenvalue weighted by molar-refractivity contribution is 0.100. The quantitative estimate of drug-likeness (QED) is 0.335. The molecule has 36 heavy (non-hydrogen) atoms. The minimum absolute atomic E-state index is 0.000278. The van der Waals surface area contributed by atoms with E-state index < -0.39 is 5.91 Å². The van der Waals surface area contributed by atoms with E-state index >= 15 is 0 Å². The van der Waals surface area contributed by atoms with Crippen LogP contribution in [0.25, 0.3) is 33.3 Å². The number of primary amides is 1. The van der Waals surface area contributed by atoms with Gasteiger partial charge in [0, 0.05) is 53.3 Å². The number of carbonyl (C=O) groups excluding carboxylic acids is 1. The minimum Gasteiger partial charge on any atom is -0.366 e. The Hall–Kier alpha value is -3.96. The number of anilines is 1. The SMILES string of the molecule is Cc1csc([C@]2(CN)[C@@H]3CN(c4cnc5c(-c6ccc(C(N)=O)c7ncccc67)n[nH]c5n4)C[C@@H]32)n1. The van der Waals surface area contributed by atoms with E-state index in [9.17, 15) is 4.79 Å². The van der Waals surface area contributed by atoms with Crippen LogP contribution in [-0.2, 0) is 5.41 Å². The second-order valence-electron chi connectivity index (χ2n) is 9.58. The molecule has 1 aromatic carbocycles. The second-order valence-corrected chi connectivity index (χ2v) is 10.4. The highest BCUT2D eigenvalue weighted by molar-refractivity contribution is 7.09. The van der Waals surface area contributed by atoms with Crippen molar-refractivity contribution in [2.24, 2.45) is 23.3 Å². The molecule has 5 N–H and O–H groups in total. The maximum atomic E-state index is 11.9. The predicted octanol–water partition coefficient (Wildman–Crippen LogP) is 2.39. The van der Waals surface area contributed by atoms with Crippen LogP contribution in [0.5, 0.6) is 0 Å². The Labute approximate surface area is 209 Å². The van der Waals surface area contributed by atoms with Crippen LogP contribution in [0.4, 0.5) is 5.82 Å². The lowest BCUT2D eigenvalue weighted by Gasteiger charge is -2.25. The number of carbonyl (C=O) groups is 1. The number of rotatable bonds is 5. The topological polar surface area (TPSA) is 153 Å². The van der Waals surface area contributed by atoms with Gasteiger partial charge in [-0.3, -0.25) is 14.9 Å². The molecule has 11 heteroatoms. The Morgan fingerprint density at radius 2 is 2.03 bits per heavy atom. The number of aromatic amines is 1. The number of hydrogen-bond acceptors (Lipinski definition) is 9. The number of hydrogen-bond donors (Lipinski definition) is 3. The van der Waals surface area contributed by atoms with Crippen molar-refractivity contribution in [1.82, 2.24) is 30.1 Å². The maximum absolute atomic E-state index is 11.9. The number of thiazole rings is 1. The van der Waals surface area contributed by atoms with Gasteiger partial charge in [0.05, 0.1) is 17.3 Å². The molecule has 1 aliphatic carbocycles. The summed E-state index contributed by atoms with van der Waals surface area (Å²) in [6.07, 6.45) is 3.45. The Bertz CT molecular complexity index is 1660. The van der Waals surface area contributed by atoms with Gasteiger partial charge in [-0.15, -0.1) is 11.3 Å².